The summed E-state index contributed by atoms with van der Waals surface area (Å²) in [7, 11) is 0. The second-order valence-electron chi connectivity index (χ2n) is 5.78. The molecule has 0 spiro atoms. The summed E-state index contributed by atoms with van der Waals surface area (Å²) in [6.07, 6.45) is 1.29. The summed E-state index contributed by atoms with van der Waals surface area (Å²) in [5.74, 6) is 0.764. The van der Waals surface area contributed by atoms with E-state index in [0.717, 1.165) is 17.7 Å². The van der Waals surface area contributed by atoms with E-state index < -0.39 is 0 Å². The third-order valence-corrected chi connectivity index (χ3v) is 5.15. The van der Waals surface area contributed by atoms with Gasteiger partial charge in [0.15, 0.2) is 5.16 Å². The van der Waals surface area contributed by atoms with Crippen LogP contribution in [0.3, 0.4) is 0 Å². The monoisotopic (exact) mass is 349 g/mol. The van der Waals surface area contributed by atoms with Crippen LogP contribution in [0, 0.1) is 11.3 Å². The van der Waals surface area contributed by atoms with Crippen LogP contribution in [0.5, 0.6) is 0 Å². The standard InChI is InChI=1S/C20H19N3OS/c1-15(16-9-3-2-4-10-16)23-19(24)17-11-5-6-12-18(17)22-20(23)25-14-8-7-13-21/h2-6,9-12,15H,7-8,14H2,1H3/t15-/m1/s1. The van der Waals surface area contributed by atoms with Crippen LogP contribution in [-0.4, -0.2) is 15.3 Å². The molecule has 0 fully saturated rings. The van der Waals surface area contributed by atoms with Gasteiger partial charge in [0.25, 0.3) is 5.56 Å². The molecule has 126 valence electrons. The molecule has 0 saturated heterocycles. The van der Waals surface area contributed by atoms with E-state index in [1.807, 2.05) is 61.5 Å². The minimum Gasteiger partial charge on any atom is -0.280 e. The molecule has 1 heterocycles. The van der Waals surface area contributed by atoms with Crippen LogP contribution in [0.15, 0.2) is 64.5 Å². The molecule has 0 N–H and O–H groups in total. The summed E-state index contributed by atoms with van der Waals surface area (Å²) in [6, 6.07) is 19.5. The summed E-state index contributed by atoms with van der Waals surface area (Å²) in [5, 5.41) is 10.0. The number of nitrogens with zero attached hydrogens (tertiary/aromatic N) is 3. The van der Waals surface area contributed by atoms with Gasteiger partial charge in [-0.05, 0) is 31.0 Å². The number of aromatic nitrogens is 2. The van der Waals surface area contributed by atoms with Gasteiger partial charge < -0.3 is 0 Å². The number of hydrogen-bond donors (Lipinski definition) is 0. The maximum atomic E-state index is 13.1. The van der Waals surface area contributed by atoms with E-state index in [-0.39, 0.29) is 11.6 Å². The Bertz CT molecular complexity index is 960. The van der Waals surface area contributed by atoms with Crippen molar-refractivity contribution in [2.75, 3.05) is 5.75 Å². The normalized spacial score (nSPS) is 12.0. The minimum atomic E-state index is -0.107. The van der Waals surface area contributed by atoms with Crippen LogP contribution in [0.2, 0.25) is 0 Å². The molecule has 0 bridgehead atoms. The molecule has 4 nitrogen and oxygen atoms in total. The molecule has 25 heavy (non-hydrogen) atoms. The van der Waals surface area contributed by atoms with Crippen molar-refractivity contribution in [2.24, 2.45) is 0 Å². The van der Waals surface area contributed by atoms with Gasteiger partial charge >= 0.3 is 0 Å². The Morgan fingerprint density at radius 3 is 2.64 bits per heavy atom. The predicted octanol–water partition coefficient (Wildman–Crippen LogP) is 4.40. The third-order valence-electron chi connectivity index (χ3n) is 4.11. The summed E-state index contributed by atoms with van der Waals surface area (Å²) in [6.45, 7) is 2.02. The molecule has 0 radical (unpaired) electrons. The fourth-order valence-corrected chi connectivity index (χ4v) is 3.78. The zero-order valence-electron chi connectivity index (χ0n) is 14.1. The zero-order chi connectivity index (χ0) is 17.6. The molecular formula is C20H19N3OS. The largest absolute Gasteiger partial charge is 0.280 e. The minimum absolute atomic E-state index is 0.0234. The fourth-order valence-electron chi connectivity index (χ4n) is 2.76. The van der Waals surface area contributed by atoms with Crippen molar-refractivity contribution in [2.45, 2.75) is 31.0 Å². The van der Waals surface area contributed by atoms with Crippen LogP contribution in [0.1, 0.15) is 31.4 Å². The molecule has 0 aliphatic rings. The van der Waals surface area contributed by atoms with Gasteiger partial charge in [0.05, 0.1) is 23.0 Å². The zero-order valence-corrected chi connectivity index (χ0v) is 14.9. The lowest BCUT2D eigenvalue weighted by molar-refractivity contribution is 0.548. The summed E-state index contributed by atoms with van der Waals surface area (Å²) >= 11 is 1.54. The Labute approximate surface area is 151 Å². The molecule has 3 aromatic rings. The Morgan fingerprint density at radius 1 is 1.16 bits per heavy atom. The van der Waals surface area contributed by atoms with Gasteiger partial charge in [-0.1, -0.05) is 54.2 Å². The predicted molar refractivity (Wildman–Crippen MR) is 102 cm³/mol. The van der Waals surface area contributed by atoms with Crippen LogP contribution in [0.25, 0.3) is 10.9 Å². The van der Waals surface area contributed by atoms with Gasteiger partial charge in [-0.25, -0.2) is 4.98 Å². The van der Waals surface area contributed by atoms with Gasteiger partial charge in [0.1, 0.15) is 0 Å². The molecule has 0 amide bonds. The Balaban J connectivity index is 2.08. The highest BCUT2D eigenvalue weighted by Crippen LogP contribution is 2.25. The number of rotatable bonds is 6. The molecular weight excluding hydrogens is 330 g/mol. The van der Waals surface area contributed by atoms with Gasteiger partial charge in [0, 0.05) is 12.2 Å². The maximum absolute atomic E-state index is 13.1. The average molecular weight is 349 g/mol. The molecule has 2 aromatic carbocycles. The molecule has 1 aromatic heterocycles. The average Bonchev–Trinajstić information content (AvgIpc) is 2.66. The lowest BCUT2D eigenvalue weighted by Crippen LogP contribution is -2.27. The van der Waals surface area contributed by atoms with Crippen LogP contribution in [-0.2, 0) is 0 Å². The van der Waals surface area contributed by atoms with E-state index in [1.165, 1.54) is 11.8 Å². The van der Waals surface area contributed by atoms with Gasteiger partial charge in [0.2, 0.25) is 0 Å². The lowest BCUT2D eigenvalue weighted by Gasteiger charge is -2.20. The van der Waals surface area contributed by atoms with Gasteiger partial charge in [-0.2, -0.15) is 5.26 Å². The summed E-state index contributed by atoms with van der Waals surface area (Å²) in [4.78, 5) is 17.8. The van der Waals surface area contributed by atoms with Crippen molar-refractivity contribution < 1.29 is 0 Å². The van der Waals surface area contributed by atoms with Crippen LogP contribution in [0.4, 0.5) is 0 Å². The first-order chi connectivity index (χ1) is 12.2. The van der Waals surface area contributed by atoms with E-state index in [2.05, 4.69) is 6.07 Å². The highest BCUT2D eigenvalue weighted by atomic mass is 32.2. The number of para-hydroxylation sites is 1. The molecule has 1 atom stereocenters. The highest BCUT2D eigenvalue weighted by molar-refractivity contribution is 7.99. The van der Waals surface area contributed by atoms with Crippen LogP contribution < -0.4 is 5.56 Å². The first-order valence-electron chi connectivity index (χ1n) is 8.28. The number of unbranched alkanes of at least 4 members (excludes halogenated alkanes) is 1. The Hall–Kier alpha value is -2.58. The second kappa shape index (κ2) is 8.00. The van der Waals surface area contributed by atoms with Crippen molar-refractivity contribution in [3.05, 3.63) is 70.5 Å². The summed E-state index contributed by atoms with van der Waals surface area (Å²) in [5.41, 5.74) is 1.76. The van der Waals surface area contributed by atoms with Crippen molar-refractivity contribution >= 4 is 22.7 Å². The van der Waals surface area contributed by atoms with Crippen molar-refractivity contribution in [1.82, 2.24) is 9.55 Å². The quantitative estimate of drug-likeness (QED) is 0.376. The number of hydrogen-bond acceptors (Lipinski definition) is 4. The fraction of sp³-hybridized carbons (Fsp3) is 0.250. The SMILES string of the molecule is C[C@H](c1ccccc1)n1c(SCCCC#N)nc2ccccc2c1=O. The topological polar surface area (TPSA) is 58.7 Å². The molecule has 0 aliphatic carbocycles. The molecule has 0 saturated carbocycles. The van der Waals surface area contributed by atoms with Gasteiger partial charge in [-0.3, -0.25) is 9.36 Å². The number of nitriles is 1. The molecule has 0 aliphatic heterocycles. The lowest BCUT2D eigenvalue weighted by atomic mass is 10.1. The first kappa shape index (κ1) is 17.2. The van der Waals surface area contributed by atoms with Crippen molar-refractivity contribution in [3.63, 3.8) is 0 Å². The first-order valence-corrected chi connectivity index (χ1v) is 9.27. The second-order valence-corrected chi connectivity index (χ2v) is 6.85. The molecule has 5 heteroatoms. The van der Waals surface area contributed by atoms with Crippen molar-refractivity contribution in [1.29, 1.82) is 5.26 Å². The smallest absolute Gasteiger partial charge is 0.262 e. The van der Waals surface area contributed by atoms with Gasteiger partial charge in [-0.15, -0.1) is 0 Å². The number of fused-ring (bicyclic) bond motifs is 1. The summed E-state index contributed by atoms with van der Waals surface area (Å²) < 4.78 is 1.77. The van der Waals surface area contributed by atoms with E-state index in [4.69, 9.17) is 10.2 Å². The van der Waals surface area contributed by atoms with E-state index in [9.17, 15) is 4.79 Å². The van der Waals surface area contributed by atoms with E-state index >= 15 is 0 Å². The van der Waals surface area contributed by atoms with Crippen LogP contribution >= 0.6 is 11.8 Å². The molecule has 0 unspecified atom stereocenters. The number of thioether (sulfide) groups is 1. The maximum Gasteiger partial charge on any atom is 0.262 e. The Kier molecular flexibility index (Phi) is 5.52. The van der Waals surface area contributed by atoms with Crippen molar-refractivity contribution in [3.8, 4) is 6.07 Å². The highest BCUT2D eigenvalue weighted by Gasteiger charge is 2.17. The third kappa shape index (κ3) is 3.75. The van der Waals surface area contributed by atoms with E-state index in [1.54, 1.807) is 4.57 Å². The van der Waals surface area contributed by atoms with E-state index in [0.29, 0.717) is 22.5 Å². The molecule has 3 rings (SSSR count). The number of benzene rings is 2. The Morgan fingerprint density at radius 2 is 1.88 bits per heavy atom.